The molecule has 1 saturated heterocycles. The van der Waals surface area contributed by atoms with Gasteiger partial charge in [0.1, 0.15) is 0 Å². The lowest BCUT2D eigenvalue weighted by Gasteiger charge is -2.27. The molecular formula is C11H15Cl2N3. The second-order valence-corrected chi connectivity index (χ2v) is 4.87. The summed E-state index contributed by atoms with van der Waals surface area (Å²) in [5.41, 5.74) is 1.90. The zero-order valence-corrected chi connectivity index (χ0v) is 11.0. The van der Waals surface area contributed by atoms with Gasteiger partial charge in [-0.15, -0.1) is 10.2 Å². The van der Waals surface area contributed by atoms with Crippen molar-refractivity contribution >= 4 is 28.9 Å². The van der Waals surface area contributed by atoms with Crippen LogP contribution in [0.5, 0.6) is 0 Å². The molecule has 0 saturated carbocycles. The summed E-state index contributed by atoms with van der Waals surface area (Å²) in [4.78, 5) is 2.32. The Morgan fingerprint density at radius 3 is 2.69 bits per heavy atom. The number of hydrogen-bond acceptors (Lipinski definition) is 3. The monoisotopic (exact) mass is 259 g/mol. The second-order valence-electron chi connectivity index (χ2n) is 4.15. The maximum atomic E-state index is 6.13. The molecule has 16 heavy (non-hydrogen) atoms. The van der Waals surface area contributed by atoms with E-state index in [-0.39, 0.29) is 0 Å². The molecule has 1 aromatic heterocycles. The van der Waals surface area contributed by atoms with E-state index in [1.54, 1.807) is 0 Å². The number of aromatic nitrogens is 2. The van der Waals surface area contributed by atoms with Gasteiger partial charge in [-0.05, 0) is 26.2 Å². The van der Waals surface area contributed by atoms with E-state index >= 15 is 0 Å². The summed E-state index contributed by atoms with van der Waals surface area (Å²) in [6.07, 6.45) is 3.54. The minimum atomic E-state index is 0.446. The second kappa shape index (κ2) is 4.76. The van der Waals surface area contributed by atoms with Gasteiger partial charge < -0.3 is 4.90 Å². The molecule has 1 aliphatic rings. The van der Waals surface area contributed by atoms with Crippen LogP contribution in [0.1, 0.15) is 31.7 Å². The van der Waals surface area contributed by atoms with Crippen LogP contribution in [0.3, 0.4) is 0 Å². The molecule has 2 heterocycles. The Kier molecular flexibility index (Phi) is 3.55. The molecule has 0 bridgehead atoms. The van der Waals surface area contributed by atoms with Crippen LogP contribution in [-0.4, -0.2) is 22.8 Å². The molecule has 0 aliphatic carbocycles. The van der Waals surface area contributed by atoms with E-state index in [0.29, 0.717) is 16.3 Å². The quantitative estimate of drug-likeness (QED) is 0.815. The average Bonchev–Trinajstić information content (AvgIpc) is 2.72. The summed E-state index contributed by atoms with van der Waals surface area (Å²) in [6.45, 7) is 5.17. The third kappa shape index (κ3) is 1.98. The number of halogens is 2. The van der Waals surface area contributed by atoms with Crippen molar-refractivity contribution in [1.29, 1.82) is 0 Å². The van der Waals surface area contributed by atoms with Crippen molar-refractivity contribution in [2.24, 2.45) is 0 Å². The highest BCUT2D eigenvalue weighted by Crippen LogP contribution is 2.36. The van der Waals surface area contributed by atoms with E-state index in [9.17, 15) is 0 Å². The van der Waals surface area contributed by atoms with Crippen LogP contribution in [0.4, 0.5) is 5.69 Å². The number of hydrogen-bond donors (Lipinski definition) is 0. The van der Waals surface area contributed by atoms with Gasteiger partial charge in [-0.25, -0.2) is 0 Å². The zero-order valence-electron chi connectivity index (χ0n) is 9.50. The van der Waals surface area contributed by atoms with Gasteiger partial charge in [0.15, 0.2) is 10.3 Å². The van der Waals surface area contributed by atoms with Crippen LogP contribution in [0.25, 0.3) is 0 Å². The van der Waals surface area contributed by atoms with Gasteiger partial charge >= 0.3 is 0 Å². The van der Waals surface area contributed by atoms with E-state index < -0.39 is 0 Å². The molecule has 3 nitrogen and oxygen atoms in total. The lowest BCUT2D eigenvalue weighted by atomic mass is 10.1. The van der Waals surface area contributed by atoms with E-state index in [4.69, 9.17) is 23.2 Å². The Labute approximate surface area is 106 Å². The highest BCUT2D eigenvalue weighted by Gasteiger charge is 2.27. The summed E-state index contributed by atoms with van der Waals surface area (Å²) in [7, 11) is 0. The van der Waals surface area contributed by atoms with Crippen molar-refractivity contribution < 1.29 is 0 Å². The van der Waals surface area contributed by atoms with Crippen molar-refractivity contribution in [3.05, 3.63) is 15.9 Å². The minimum absolute atomic E-state index is 0.446. The first kappa shape index (κ1) is 11.9. The van der Waals surface area contributed by atoms with Gasteiger partial charge in [-0.2, -0.15) is 0 Å². The Morgan fingerprint density at radius 2 is 2.00 bits per heavy atom. The van der Waals surface area contributed by atoms with E-state index in [1.807, 2.05) is 6.92 Å². The largest absolute Gasteiger partial charge is 0.366 e. The molecular weight excluding hydrogens is 245 g/mol. The fraction of sp³-hybridized carbons (Fsp3) is 0.636. The first-order chi connectivity index (χ1) is 7.65. The summed E-state index contributed by atoms with van der Waals surface area (Å²) < 4.78 is 0. The topological polar surface area (TPSA) is 29.0 Å². The molecule has 0 radical (unpaired) electrons. The van der Waals surface area contributed by atoms with Crippen molar-refractivity contribution in [2.75, 3.05) is 11.4 Å². The average molecular weight is 260 g/mol. The van der Waals surface area contributed by atoms with Gasteiger partial charge in [-0.1, -0.05) is 30.1 Å². The Hall–Kier alpha value is -0.540. The van der Waals surface area contributed by atoms with Crippen LogP contribution in [0, 0.1) is 6.92 Å². The number of nitrogens with zero attached hydrogens (tertiary/aromatic N) is 3. The molecule has 0 amide bonds. The molecule has 2 rings (SSSR count). The van der Waals surface area contributed by atoms with Crippen LogP contribution in [-0.2, 0) is 0 Å². The molecule has 1 atom stereocenters. The smallest absolute Gasteiger partial charge is 0.175 e. The highest BCUT2D eigenvalue weighted by molar-refractivity contribution is 6.34. The van der Waals surface area contributed by atoms with Gasteiger partial charge in [-0.3, -0.25) is 0 Å². The van der Waals surface area contributed by atoms with E-state index in [2.05, 4.69) is 22.0 Å². The number of anilines is 1. The van der Waals surface area contributed by atoms with Gasteiger partial charge in [0, 0.05) is 18.2 Å². The highest BCUT2D eigenvalue weighted by atomic mass is 35.5. The van der Waals surface area contributed by atoms with Crippen LogP contribution >= 0.6 is 23.2 Å². The van der Waals surface area contributed by atoms with Crippen molar-refractivity contribution in [1.82, 2.24) is 10.2 Å². The normalized spacial score (nSPS) is 20.5. The Bertz CT molecular complexity index is 395. The van der Waals surface area contributed by atoms with Gasteiger partial charge in [0.2, 0.25) is 0 Å². The minimum Gasteiger partial charge on any atom is -0.366 e. The summed E-state index contributed by atoms with van der Waals surface area (Å²) in [5, 5.41) is 8.62. The van der Waals surface area contributed by atoms with Crippen molar-refractivity contribution in [2.45, 2.75) is 39.2 Å². The lowest BCUT2D eigenvalue weighted by molar-refractivity contribution is 0.643. The summed E-state index contributed by atoms with van der Waals surface area (Å²) in [5.74, 6) is 0. The molecule has 0 spiro atoms. The van der Waals surface area contributed by atoms with Crippen molar-refractivity contribution in [3.8, 4) is 0 Å². The summed E-state index contributed by atoms with van der Waals surface area (Å²) >= 11 is 12.1. The predicted molar refractivity (Wildman–Crippen MR) is 67.4 cm³/mol. The molecule has 88 valence electrons. The Balaban J connectivity index is 2.43. The standard InChI is InChI=1S/C11H15Cl2N3/c1-3-8-5-4-6-16(8)9-7(2)10(12)14-15-11(9)13/h8H,3-6H2,1-2H3. The SMILES string of the molecule is CCC1CCCN1c1c(Cl)nnc(Cl)c1C. The Morgan fingerprint density at radius 1 is 1.31 bits per heavy atom. The van der Waals surface area contributed by atoms with E-state index in [1.165, 1.54) is 12.8 Å². The molecule has 0 N–H and O–H groups in total. The lowest BCUT2D eigenvalue weighted by Crippen LogP contribution is -2.29. The molecule has 1 unspecified atom stereocenters. The summed E-state index contributed by atoms with van der Waals surface area (Å²) in [6, 6.07) is 0.552. The molecule has 1 aromatic rings. The maximum absolute atomic E-state index is 6.13. The van der Waals surface area contributed by atoms with Crippen LogP contribution in [0.15, 0.2) is 0 Å². The molecule has 0 aromatic carbocycles. The number of rotatable bonds is 2. The fourth-order valence-corrected chi connectivity index (χ4v) is 2.77. The predicted octanol–water partition coefficient (Wildman–Crippen LogP) is 3.47. The van der Waals surface area contributed by atoms with E-state index in [0.717, 1.165) is 24.2 Å². The molecule has 5 heteroatoms. The first-order valence-electron chi connectivity index (χ1n) is 5.60. The van der Waals surface area contributed by atoms with Crippen LogP contribution < -0.4 is 4.90 Å². The third-order valence-corrected chi connectivity index (χ3v) is 3.83. The first-order valence-corrected chi connectivity index (χ1v) is 6.35. The fourth-order valence-electron chi connectivity index (χ4n) is 2.35. The zero-order chi connectivity index (χ0) is 11.7. The van der Waals surface area contributed by atoms with Gasteiger partial charge in [0.05, 0.1) is 5.69 Å². The molecule has 1 aliphatic heterocycles. The van der Waals surface area contributed by atoms with Gasteiger partial charge in [0.25, 0.3) is 0 Å². The van der Waals surface area contributed by atoms with Crippen molar-refractivity contribution in [3.63, 3.8) is 0 Å². The maximum Gasteiger partial charge on any atom is 0.175 e. The van der Waals surface area contributed by atoms with Crippen LogP contribution in [0.2, 0.25) is 10.3 Å². The third-order valence-electron chi connectivity index (χ3n) is 3.22. The molecule has 1 fully saturated rings.